The van der Waals surface area contributed by atoms with E-state index in [0.29, 0.717) is 12.8 Å². The van der Waals surface area contributed by atoms with Crippen molar-refractivity contribution in [3.63, 3.8) is 0 Å². The van der Waals surface area contributed by atoms with Crippen molar-refractivity contribution in [3.8, 4) is 6.07 Å². The lowest BCUT2D eigenvalue weighted by Gasteiger charge is -2.42. The third-order valence-electron chi connectivity index (χ3n) is 4.26. The van der Waals surface area contributed by atoms with Gasteiger partial charge in [0.1, 0.15) is 6.61 Å². The number of amides is 1. The van der Waals surface area contributed by atoms with Crippen molar-refractivity contribution in [2.45, 2.75) is 30.9 Å². The van der Waals surface area contributed by atoms with E-state index >= 15 is 0 Å². The zero-order chi connectivity index (χ0) is 16.1. The Morgan fingerprint density at radius 3 is 2.35 bits per heavy atom. The molecule has 1 aliphatic rings. The highest BCUT2D eigenvalue weighted by molar-refractivity contribution is 5.68. The summed E-state index contributed by atoms with van der Waals surface area (Å²) in [5.74, 6) is 0. The summed E-state index contributed by atoms with van der Waals surface area (Å²) in [4.78, 5) is 11.8. The number of carbonyl (C=O) groups is 1. The first-order chi connectivity index (χ1) is 11.2. The lowest BCUT2D eigenvalue weighted by Crippen LogP contribution is -2.52. The van der Waals surface area contributed by atoms with E-state index in [0.717, 1.165) is 11.1 Å². The molecule has 1 fully saturated rings. The monoisotopic (exact) mass is 306 g/mol. The Kier molecular flexibility index (Phi) is 4.29. The van der Waals surface area contributed by atoms with Gasteiger partial charge < -0.3 is 10.1 Å². The van der Waals surface area contributed by atoms with Gasteiger partial charge in [0.05, 0.1) is 11.5 Å². The van der Waals surface area contributed by atoms with Crippen molar-refractivity contribution in [1.82, 2.24) is 5.32 Å². The topological polar surface area (TPSA) is 62.1 Å². The molecule has 0 spiro atoms. The number of rotatable bonds is 4. The Morgan fingerprint density at radius 2 is 1.74 bits per heavy atom. The summed E-state index contributed by atoms with van der Waals surface area (Å²) in [6, 6.07) is 21.7. The summed E-state index contributed by atoms with van der Waals surface area (Å²) in [5, 5.41) is 12.3. The highest BCUT2D eigenvalue weighted by Crippen LogP contribution is 2.43. The first-order valence-electron chi connectivity index (χ1n) is 7.66. The van der Waals surface area contributed by atoms with E-state index in [1.165, 1.54) is 0 Å². The molecular formula is C19H18N2O2. The summed E-state index contributed by atoms with van der Waals surface area (Å²) in [6.07, 6.45) is 0.806. The lowest BCUT2D eigenvalue weighted by molar-refractivity contribution is 0.122. The standard InChI is InChI=1S/C19H18N2O2/c20-14-19(16-9-5-2-6-10-16)11-17(12-19)21-18(22)23-13-15-7-3-1-4-8-15/h1-10,17H,11-13H2,(H,21,22). The summed E-state index contributed by atoms with van der Waals surface area (Å²) < 4.78 is 5.21. The number of nitriles is 1. The predicted molar refractivity (Wildman–Crippen MR) is 86.5 cm³/mol. The van der Waals surface area contributed by atoms with E-state index in [-0.39, 0.29) is 12.6 Å². The van der Waals surface area contributed by atoms with Crippen molar-refractivity contribution >= 4 is 6.09 Å². The molecule has 2 aromatic rings. The summed E-state index contributed by atoms with van der Waals surface area (Å²) in [7, 11) is 0. The first kappa shape index (κ1) is 15.1. The van der Waals surface area contributed by atoms with Crippen LogP contribution >= 0.6 is 0 Å². The maximum Gasteiger partial charge on any atom is 0.407 e. The van der Waals surface area contributed by atoms with Crippen LogP contribution in [0.5, 0.6) is 0 Å². The number of benzene rings is 2. The molecule has 1 saturated carbocycles. The van der Waals surface area contributed by atoms with Gasteiger partial charge in [-0.05, 0) is 24.0 Å². The number of ether oxygens (including phenoxy) is 1. The highest BCUT2D eigenvalue weighted by Gasteiger charge is 2.46. The Bertz CT molecular complexity index is 701. The quantitative estimate of drug-likeness (QED) is 0.939. The fraction of sp³-hybridized carbons (Fsp3) is 0.263. The minimum Gasteiger partial charge on any atom is -0.445 e. The van der Waals surface area contributed by atoms with Crippen LogP contribution in [0.1, 0.15) is 24.0 Å². The van der Waals surface area contributed by atoms with Gasteiger partial charge in [-0.15, -0.1) is 0 Å². The minimum absolute atomic E-state index is 0.0156. The number of nitrogens with one attached hydrogen (secondary N) is 1. The second-order valence-corrected chi connectivity index (χ2v) is 5.87. The summed E-state index contributed by atoms with van der Waals surface area (Å²) in [5.41, 5.74) is 1.48. The van der Waals surface area contributed by atoms with Crippen molar-refractivity contribution in [1.29, 1.82) is 5.26 Å². The van der Waals surface area contributed by atoms with Crippen LogP contribution in [0, 0.1) is 11.3 Å². The molecule has 4 heteroatoms. The molecule has 0 radical (unpaired) electrons. The van der Waals surface area contributed by atoms with E-state index in [9.17, 15) is 10.1 Å². The van der Waals surface area contributed by atoms with Crippen molar-refractivity contribution in [2.24, 2.45) is 0 Å². The van der Waals surface area contributed by atoms with E-state index in [1.807, 2.05) is 60.7 Å². The fourth-order valence-electron chi connectivity index (χ4n) is 2.96. The smallest absolute Gasteiger partial charge is 0.407 e. The van der Waals surface area contributed by atoms with Crippen LogP contribution < -0.4 is 5.32 Å². The Labute approximate surface area is 135 Å². The molecule has 1 amide bonds. The molecule has 0 bridgehead atoms. The lowest BCUT2D eigenvalue weighted by atomic mass is 9.62. The average molecular weight is 306 g/mol. The van der Waals surface area contributed by atoms with Crippen molar-refractivity contribution < 1.29 is 9.53 Å². The largest absolute Gasteiger partial charge is 0.445 e. The molecule has 0 atom stereocenters. The maximum absolute atomic E-state index is 11.8. The number of carbonyl (C=O) groups excluding carboxylic acids is 1. The van der Waals surface area contributed by atoms with Crippen LogP contribution in [-0.4, -0.2) is 12.1 Å². The van der Waals surface area contributed by atoms with Crippen LogP contribution in [0.4, 0.5) is 4.79 Å². The van der Waals surface area contributed by atoms with E-state index in [2.05, 4.69) is 11.4 Å². The van der Waals surface area contributed by atoms with Gasteiger partial charge in [0.25, 0.3) is 0 Å². The third kappa shape index (κ3) is 3.35. The summed E-state index contributed by atoms with van der Waals surface area (Å²) >= 11 is 0. The molecule has 0 saturated heterocycles. The number of hydrogen-bond donors (Lipinski definition) is 1. The normalized spacial score (nSPS) is 22.5. The molecular weight excluding hydrogens is 288 g/mol. The predicted octanol–water partition coefficient (Wildman–Crippen LogP) is 3.54. The van der Waals surface area contributed by atoms with Gasteiger partial charge in [0, 0.05) is 6.04 Å². The minimum atomic E-state index is -0.487. The zero-order valence-electron chi connectivity index (χ0n) is 12.7. The molecule has 1 aliphatic carbocycles. The highest BCUT2D eigenvalue weighted by atomic mass is 16.5. The van der Waals surface area contributed by atoms with Crippen molar-refractivity contribution in [3.05, 3.63) is 71.8 Å². The molecule has 116 valence electrons. The molecule has 0 unspecified atom stereocenters. The van der Waals surface area contributed by atoms with Crippen LogP contribution in [0.3, 0.4) is 0 Å². The second-order valence-electron chi connectivity index (χ2n) is 5.87. The Balaban J connectivity index is 1.50. The van der Waals surface area contributed by atoms with Gasteiger partial charge in [-0.2, -0.15) is 5.26 Å². The first-order valence-corrected chi connectivity index (χ1v) is 7.66. The van der Waals surface area contributed by atoms with Crippen LogP contribution in [-0.2, 0) is 16.8 Å². The number of hydrogen-bond acceptors (Lipinski definition) is 3. The maximum atomic E-state index is 11.8. The molecule has 0 aromatic heterocycles. The van der Waals surface area contributed by atoms with Gasteiger partial charge in [-0.25, -0.2) is 4.79 Å². The Hall–Kier alpha value is -2.80. The van der Waals surface area contributed by atoms with Crippen molar-refractivity contribution in [2.75, 3.05) is 0 Å². The van der Waals surface area contributed by atoms with Gasteiger partial charge in [0.2, 0.25) is 0 Å². The van der Waals surface area contributed by atoms with Gasteiger partial charge in [0.15, 0.2) is 0 Å². The zero-order valence-corrected chi connectivity index (χ0v) is 12.7. The van der Waals surface area contributed by atoms with Crippen LogP contribution in [0.2, 0.25) is 0 Å². The third-order valence-corrected chi connectivity index (χ3v) is 4.26. The number of alkyl carbamates (subject to hydrolysis) is 1. The molecule has 23 heavy (non-hydrogen) atoms. The van der Waals surface area contributed by atoms with E-state index < -0.39 is 11.5 Å². The van der Waals surface area contributed by atoms with Gasteiger partial charge >= 0.3 is 6.09 Å². The average Bonchev–Trinajstić information content (AvgIpc) is 2.57. The fourth-order valence-corrected chi connectivity index (χ4v) is 2.96. The molecule has 0 heterocycles. The van der Waals surface area contributed by atoms with Crippen LogP contribution in [0.15, 0.2) is 60.7 Å². The summed E-state index contributed by atoms with van der Waals surface area (Å²) in [6.45, 7) is 0.251. The van der Waals surface area contributed by atoms with E-state index in [4.69, 9.17) is 4.74 Å². The SMILES string of the molecule is N#CC1(c2ccccc2)CC(NC(=O)OCc2ccccc2)C1. The Morgan fingerprint density at radius 1 is 1.13 bits per heavy atom. The number of nitrogens with zero attached hydrogens (tertiary/aromatic N) is 1. The molecule has 3 rings (SSSR count). The molecule has 0 aliphatic heterocycles. The molecule has 4 nitrogen and oxygen atoms in total. The molecule has 2 aromatic carbocycles. The second kappa shape index (κ2) is 6.53. The molecule has 1 N–H and O–H groups in total. The van der Waals surface area contributed by atoms with Gasteiger partial charge in [-0.1, -0.05) is 60.7 Å². The van der Waals surface area contributed by atoms with E-state index in [1.54, 1.807) is 0 Å². The van der Waals surface area contributed by atoms with Gasteiger partial charge in [-0.3, -0.25) is 0 Å². The van der Waals surface area contributed by atoms with Crippen LogP contribution in [0.25, 0.3) is 0 Å².